The second-order valence-corrected chi connectivity index (χ2v) is 7.89. The van der Waals surface area contributed by atoms with Crippen LogP contribution in [0.15, 0.2) is 53.4 Å². The molecule has 1 heterocycles. The van der Waals surface area contributed by atoms with Gasteiger partial charge in [0.2, 0.25) is 0 Å². The number of anilines is 1. The first-order chi connectivity index (χ1) is 12.4. The number of sulfonamides is 1. The number of amides is 1. The Kier molecular flexibility index (Phi) is 5.24. The first kappa shape index (κ1) is 18.3. The number of hydrogen-bond acceptors (Lipinski definition) is 4. The highest BCUT2D eigenvalue weighted by Gasteiger charge is 2.25. The van der Waals surface area contributed by atoms with Crippen molar-refractivity contribution in [3.8, 4) is 0 Å². The Balaban J connectivity index is 1.87. The zero-order valence-corrected chi connectivity index (χ0v) is 15.1. The minimum Gasteiger partial charge on any atom is -0.336 e. The predicted molar refractivity (Wildman–Crippen MR) is 97.0 cm³/mol. The van der Waals surface area contributed by atoms with Crippen molar-refractivity contribution in [3.63, 3.8) is 0 Å². The molecule has 1 amide bonds. The van der Waals surface area contributed by atoms with Crippen molar-refractivity contribution in [1.29, 1.82) is 0 Å². The molecule has 8 heteroatoms. The Labute approximate surface area is 152 Å². The maximum absolute atomic E-state index is 13.0. The molecule has 0 spiro atoms. The minimum absolute atomic E-state index is 0.0723. The summed E-state index contributed by atoms with van der Waals surface area (Å²) in [4.78, 5) is 14.5. The van der Waals surface area contributed by atoms with Gasteiger partial charge in [-0.15, -0.1) is 0 Å². The molecule has 0 unspecified atom stereocenters. The van der Waals surface area contributed by atoms with Crippen molar-refractivity contribution < 1.29 is 17.6 Å². The molecular weight excluding hydrogens is 357 g/mol. The van der Waals surface area contributed by atoms with E-state index < -0.39 is 15.8 Å². The van der Waals surface area contributed by atoms with Gasteiger partial charge in [0, 0.05) is 25.7 Å². The number of nitrogens with zero attached hydrogens (tertiary/aromatic N) is 1. The highest BCUT2D eigenvalue weighted by molar-refractivity contribution is 7.92. The smallest absolute Gasteiger partial charge is 0.261 e. The van der Waals surface area contributed by atoms with Gasteiger partial charge in [-0.2, -0.15) is 0 Å². The van der Waals surface area contributed by atoms with Crippen LogP contribution in [-0.2, 0) is 10.0 Å². The number of para-hydroxylation sites is 1. The Morgan fingerprint density at radius 2 is 1.88 bits per heavy atom. The van der Waals surface area contributed by atoms with Crippen molar-refractivity contribution in [2.24, 2.45) is 0 Å². The van der Waals surface area contributed by atoms with E-state index in [0.29, 0.717) is 19.6 Å². The second kappa shape index (κ2) is 7.43. The molecule has 6 nitrogen and oxygen atoms in total. The number of carbonyl (C=O) groups is 1. The van der Waals surface area contributed by atoms with Crippen molar-refractivity contribution in [2.45, 2.75) is 17.9 Å². The van der Waals surface area contributed by atoms with E-state index in [1.165, 1.54) is 12.1 Å². The fourth-order valence-electron chi connectivity index (χ4n) is 2.86. The third kappa shape index (κ3) is 4.03. The van der Waals surface area contributed by atoms with Crippen molar-refractivity contribution in [3.05, 3.63) is 59.9 Å². The van der Waals surface area contributed by atoms with Crippen LogP contribution in [0.25, 0.3) is 0 Å². The maximum atomic E-state index is 13.0. The molecule has 1 aliphatic heterocycles. The van der Waals surface area contributed by atoms with Crippen LogP contribution in [-0.4, -0.2) is 44.9 Å². The first-order valence-electron chi connectivity index (χ1n) is 8.27. The van der Waals surface area contributed by atoms with E-state index in [2.05, 4.69) is 10.0 Å². The summed E-state index contributed by atoms with van der Waals surface area (Å²) < 4.78 is 40.6. The summed E-state index contributed by atoms with van der Waals surface area (Å²) in [6, 6.07) is 11.2. The van der Waals surface area contributed by atoms with Crippen LogP contribution in [0.5, 0.6) is 0 Å². The van der Waals surface area contributed by atoms with Crippen LogP contribution in [0.4, 0.5) is 10.1 Å². The molecule has 138 valence electrons. The molecule has 1 atom stereocenters. The number of carbonyl (C=O) groups excluding carboxylic acids is 1. The zero-order chi connectivity index (χ0) is 18.7. The van der Waals surface area contributed by atoms with Gasteiger partial charge in [0.15, 0.2) is 0 Å². The lowest BCUT2D eigenvalue weighted by atomic mass is 10.1. The lowest BCUT2D eigenvalue weighted by Crippen LogP contribution is -2.51. The summed E-state index contributed by atoms with van der Waals surface area (Å²) in [5.41, 5.74) is 0.486. The fraction of sp³-hybridized carbons (Fsp3) is 0.278. The Morgan fingerprint density at radius 1 is 1.19 bits per heavy atom. The number of nitrogens with one attached hydrogen (secondary N) is 2. The third-order valence-corrected chi connectivity index (χ3v) is 5.56. The molecule has 1 fully saturated rings. The van der Waals surface area contributed by atoms with Gasteiger partial charge in [-0.3, -0.25) is 9.52 Å². The number of hydrogen-bond donors (Lipinski definition) is 2. The summed E-state index contributed by atoms with van der Waals surface area (Å²) in [5, 5.41) is 3.26. The van der Waals surface area contributed by atoms with Crippen LogP contribution in [0.3, 0.4) is 0 Å². The van der Waals surface area contributed by atoms with Gasteiger partial charge >= 0.3 is 0 Å². The Morgan fingerprint density at radius 3 is 2.58 bits per heavy atom. The van der Waals surface area contributed by atoms with E-state index in [-0.39, 0.29) is 28.1 Å². The average molecular weight is 377 g/mol. The molecule has 2 aromatic carbocycles. The summed E-state index contributed by atoms with van der Waals surface area (Å²) in [7, 11) is -3.93. The monoisotopic (exact) mass is 377 g/mol. The van der Waals surface area contributed by atoms with E-state index in [9.17, 15) is 17.6 Å². The predicted octanol–water partition coefficient (Wildman–Crippen LogP) is 2.06. The summed E-state index contributed by atoms with van der Waals surface area (Å²) in [6.45, 7) is 3.79. The van der Waals surface area contributed by atoms with Gasteiger partial charge in [-0.25, -0.2) is 12.8 Å². The lowest BCUT2D eigenvalue weighted by Gasteiger charge is -2.32. The van der Waals surface area contributed by atoms with Crippen molar-refractivity contribution >= 4 is 21.6 Å². The van der Waals surface area contributed by atoms with Crippen molar-refractivity contribution in [1.82, 2.24) is 10.2 Å². The fourth-order valence-corrected chi connectivity index (χ4v) is 3.94. The molecular formula is C18H20FN3O3S. The average Bonchev–Trinajstić information content (AvgIpc) is 2.62. The van der Waals surface area contributed by atoms with E-state index in [1.807, 2.05) is 6.92 Å². The molecule has 0 radical (unpaired) electrons. The molecule has 0 saturated carbocycles. The number of benzene rings is 2. The number of rotatable bonds is 4. The number of halogens is 1. The van der Waals surface area contributed by atoms with Crippen LogP contribution in [0.2, 0.25) is 0 Å². The largest absolute Gasteiger partial charge is 0.336 e. The van der Waals surface area contributed by atoms with Gasteiger partial charge in [0.25, 0.3) is 15.9 Å². The van der Waals surface area contributed by atoms with Crippen LogP contribution < -0.4 is 10.0 Å². The summed E-state index contributed by atoms with van der Waals surface area (Å²) >= 11 is 0. The summed E-state index contributed by atoms with van der Waals surface area (Å²) in [5.74, 6) is -0.747. The van der Waals surface area contributed by atoms with Gasteiger partial charge in [-0.1, -0.05) is 12.1 Å². The van der Waals surface area contributed by atoms with Gasteiger partial charge < -0.3 is 10.2 Å². The molecule has 26 heavy (non-hydrogen) atoms. The van der Waals surface area contributed by atoms with E-state index >= 15 is 0 Å². The molecule has 0 bridgehead atoms. The molecule has 2 aromatic rings. The standard InChI is InChI=1S/C18H20FN3O3S/c1-13-12-22(11-10-20-13)18(23)16-4-2-3-5-17(16)21-26(24,25)15-8-6-14(19)7-9-15/h2-9,13,20-21H,10-12H2,1H3/t13-/m1/s1. The van der Waals surface area contributed by atoms with Crippen molar-refractivity contribution in [2.75, 3.05) is 24.4 Å². The zero-order valence-electron chi connectivity index (χ0n) is 14.3. The van der Waals surface area contributed by atoms with E-state index in [0.717, 1.165) is 12.1 Å². The molecule has 1 saturated heterocycles. The molecule has 0 aromatic heterocycles. The third-order valence-electron chi connectivity index (χ3n) is 4.18. The Hall–Kier alpha value is -2.45. The molecule has 0 aliphatic carbocycles. The topological polar surface area (TPSA) is 78.5 Å². The maximum Gasteiger partial charge on any atom is 0.261 e. The lowest BCUT2D eigenvalue weighted by molar-refractivity contribution is 0.0710. The minimum atomic E-state index is -3.93. The first-order valence-corrected chi connectivity index (χ1v) is 9.75. The van der Waals surface area contributed by atoms with Crippen LogP contribution in [0.1, 0.15) is 17.3 Å². The van der Waals surface area contributed by atoms with Gasteiger partial charge in [-0.05, 0) is 43.3 Å². The van der Waals surface area contributed by atoms with Gasteiger partial charge in [0.05, 0.1) is 16.1 Å². The summed E-state index contributed by atoms with van der Waals surface area (Å²) in [6.07, 6.45) is 0. The van der Waals surface area contributed by atoms with Gasteiger partial charge in [0.1, 0.15) is 5.82 Å². The molecule has 1 aliphatic rings. The molecule has 3 rings (SSSR count). The van der Waals surface area contributed by atoms with E-state index in [4.69, 9.17) is 0 Å². The van der Waals surface area contributed by atoms with Crippen LogP contribution >= 0.6 is 0 Å². The second-order valence-electron chi connectivity index (χ2n) is 6.21. The highest BCUT2D eigenvalue weighted by atomic mass is 32.2. The number of piperazine rings is 1. The molecule has 2 N–H and O–H groups in total. The highest BCUT2D eigenvalue weighted by Crippen LogP contribution is 2.22. The normalized spacial score (nSPS) is 17.8. The quantitative estimate of drug-likeness (QED) is 0.855. The Bertz CT molecular complexity index is 900. The van der Waals surface area contributed by atoms with E-state index in [1.54, 1.807) is 29.2 Å². The SMILES string of the molecule is C[C@@H]1CN(C(=O)c2ccccc2NS(=O)(=O)c2ccc(F)cc2)CCN1. The van der Waals surface area contributed by atoms with Crippen LogP contribution in [0, 0.1) is 5.82 Å².